The van der Waals surface area contributed by atoms with Gasteiger partial charge in [-0.2, -0.15) is 18.4 Å². The first-order valence-electron chi connectivity index (χ1n) is 8.96. The SMILES string of the molecule is Cc1cc(C(F)(F)F)cc(N2C[C@@H](C#N)C[C@H]2C(=O)N(C)c2ccc(F)c(Cl)c2)n1. The molecule has 1 aliphatic rings. The normalized spacial score (nSPS) is 18.9. The molecule has 1 aromatic carbocycles. The molecule has 30 heavy (non-hydrogen) atoms. The quantitative estimate of drug-likeness (QED) is 0.655. The van der Waals surface area contributed by atoms with Gasteiger partial charge in [0.1, 0.15) is 17.7 Å². The lowest BCUT2D eigenvalue weighted by atomic mass is 10.1. The fourth-order valence-electron chi connectivity index (χ4n) is 3.42. The van der Waals surface area contributed by atoms with Crippen molar-refractivity contribution in [3.8, 4) is 6.07 Å². The minimum Gasteiger partial charge on any atom is -0.343 e. The number of halogens is 5. The molecule has 5 nitrogen and oxygen atoms in total. The summed E-state index contributed by atoms with van der Waals surface area (Å²) in [4.78, 5) is 20.0. The van der Waals surface area contributed by atoms with Crippen LogP contribution < -0.4 is 9.80 Å². The highest BCUT2D eigenvalue weighted by atomic mass is 35.5. The highest BCUT2D eigenvalue weighted by Gasteiger charge is 2.40. The van der Waals surface area contributed by atoms with Gasteiger partial charge >= 0.3 is 6.18 Å². The van der Waals surface area contributed by atoms with Crippen molar-refractivity contribution in [1.29, 1.82) is 5.26 Å². The van der Waals surface area contributed by atoms with Crippen LogP contribution in [0.1, 0.15) is 17.7 Å². The van der Waals surface area contributed by atoms with Gasteiger partial charge in [-0.25, -0.2) is 9.37 Å². The molecule has 0 saturated carbocycles. The van der Waals surface area contributed by atoms with Gasteiger partial charge in [0, 0.05) is 25.0 Å². The highest BCUT2D eigenvalue weighted by Crippen LogP contribution is 2.35. The first-order chi connectivity index (χ1) is 14.0. The van der Waals surface area contributed by atoms with Crippen molar-refractivity contribution in [3.05, 3.63) is 52.4 Å². The van der Waals surface area contributed by atoms with Gasteiger partial charge in [-0.3, -0.25) is 4.79 Å². The number of aryl methyl sites for hydroxylation is 1. The molecular formula is C20H17ClF4N4O. The zero-order chi connectivity index (χ0) is 22.2. The van der Waals surface area contributed by atoms with Gasteiger partial charge in [-0.05, 0) is 43.7 Å². The number of amides is 1. The van der Waals surface area contributed by atoms with E-state index in [1.807, 2.05) is 0 Å². The first-order valence-corrected chi connectivity index (χ1v) is 9.34. The Kier molecular flexibility index (Phi) is 5.90. The lowest BCUT2D eigenvalue weighted by molar-refractivity contribution is -0.137. The number of anilines is 2. The van der Waals surface area contributed by atoms with E-state index in [0.29, 0.717) is 5.69 Å². The molecule has 0 bridgehead atoms. The van der Waals surface area contributed by atoms with Crippen LogP contribution in [0.3, 0.4) is 0 Å². The molecule has 1 aliphatic heterocycles. The third-order valence-electron chi connectivity index (χ3n) is 4.95. The largest absolute Gasteiger partial charge is 0.416 e. The Morgan fingerprint density at radius 2 is 2.03 bits per heavy atom. The van der Waals surface area contributed by atoms with Crippen molar-refractivity contribution in [3.63, 3.8) is 0 Å². The Morgan fingerprint density at radius 1 is 1.33 bits per heavy atom. The molecule has 0 N–H and O–H groups in total. The molecule has 0 aliphatic carbocycles. The molecule has 0 unspecified atom stereocenters. The summed E-state index contributed by atoms with van der Waals surface area (Å²) < 4.78 is 53.1. The number of carbonyl (C=O) groups is 1. The smallest absolute Gasteiger partial charge is 0.343 e. The summed E-state index contributed by atoms with van der Waals surface area (Å²) in [5, 5.41) is 9.16. The van der Waals surface area contributed by atoms with E-state index in [4.69, 9.17) is 11.6 Å². The lowest BCUT2D eigenvalue weighted by Gasteiger charge is -2.29. The molecule has 1 saturated heterocycles. The summed E-state index contributed by atoms with van der Waals surface area (Å²) in [6, 6.07) is 6.73. The average molecular weight is 441 g/mol. The third-order valence-corrected chi connectivity index (χ3v) is 5.24. The first kappa shape index (κ1) is 21.8. The number of likely N-dealkylation sites (N-methyl/N-ethyl adjacent to an activating group) is 1. The molecule has 0 spiro atoms. The molecule has 158 valence electrons. The predicted molar refractivity (Wildman–Crippen MR) is 104 cm³/mol. The topological polar surface area (TPSA) is 60.2 Å². The number of pyridine rings is 1. The molecule has 2 heterocycles. The monoisotopic (exact) mass is 440 g/mol. The lowest BCUT2D eigenvalue weighted by Crippen LogP contribution is -2.44. The maximum Gasteiger partial charge on any atom is 0.416 e. The van der Waals surface area contributed by atoms with Crippen LogP contribution in [-0.2, 0) is 11.0 Å². The van der Waals surface area contributed by atoms with Crippen LogP contribution in [0.25, 0.3) is 0 Å². The standard InChI is InChI=1S/C20H17ClF4N4O/c1-11-5-13(20(23,24)25)7-18(27-11)29-10-12(9-26)6-17(29)19(30)28(2)14-3-4-16(22)15(21)8-14/h3-5,7-8,12,17H,6,10H2,1-2H3/t12-,17+/m1/s1. The Bertz CT molecular complexity index is 1020. The number of rotatable bonds is 3. The van der Waals surface area contributed by atoms with Gasteiger partial charge in [-0.15, -0.1) is 0 Å². The Hall–Kier alpha value is -2.86. The van der Waals surface area contributed by atoms with E-state index in [1.165, 1.54) is 35.9 Å². The zero-order valence-electron chi connectivity index (χ0n) is 16.0. The number of alkyl halides is 3. The van der Waals surface area contributed by atoms with Crippen LogP contribution in [0.4, 0.5) is 29.1 Å². The second-order valence-corrected chi connectivity index (χ2v) is 7.49. The summed E-state index contributed by atoms with van der Waals surface area (Å²) in [5.41, 5.74) is -0.416. The van der Waals surface area contributed by atoms with Crippen molar-refractivity contribution in [2.75, 3.05) is 23.4 Å². The van der Waals surface area contributed by atoms with Gasteiger partial charge in [0.05, 0.1) is 22.6 Å². The van der Waals surface area contributed by atoms with Crippen LogP contribution in [0.2, 0.25) is 5.02 Å². The molecular weight excluding hydrogens is 424 g/mol. The number of carbonyl (C=O) groups excluding carboxylic acids is 1. The number of hydrogen-bond donors (Lipinski definition) is 0. The number of aromatic nitrogens is 1. The van der Waals surface area contributed by atoms with Crippen LogP contribution >= 0.6 is 11.6 Å². The van der Waals surface area contributed by atoms with Crippen LogP contribution in [-0.4, -0.2) is 30.5 Å². The van der Waals surface area contributed by atoms with Crippen molar-refractivity contribution >= 4 is 29.0 Å². The molecule has 1 aromatic heterocycles. The van der Waals surface area contributed by atoms with Gasteiger partial charge in [0.2, 0.25) is 5.91 Å². The van der Waals surface area contributed by atoms with Crippen LogP contribution in [0.15, 0.2) is 30.3 Å². The molecule has 1 amide bonds. The predicted octanol–water partition coefficient (Wildman–Crippen LogP) is 4.58. The summed E-state index contributed by atoms with van der Waals surface area (Å²) in [6.45, 7) is 1.50. The van der Waals surface area contributed by atoms with E-state index in [1.54, 1.807) is 0 Å². The fourth-order valence-corrected chi connectivity index (χ4v) is 3.60. The number of nitrogens with zero attached hydrogens (tertiary/aromatic N) is 4. The Balaban J connectivity index is 1.97. The summed E-state index contributed by atoms with van der Waals surface area (Å²) in [7, 11) is 1.45. The third kappa shape index (κ3) is 4.33. The van der Waals surface area contributed by atoms with Gasteiger partial charge < -0.3 is 9.80 Å². The van der Waals surface area contributed by atoms with E-state index in [0.717, 1.165) is 18.2 Å². The highest BCUT2D eigenvalue weighted by molar-refractivity contribution is 6.31. The van der Waals surface area contributed by atoms with Crippen molar-refractivity contribution in [1.82, 2.24) is 4.98 Å². The molecule has 1 fully saturated rings. The van der Waals surface area contributed by atoms with E-state index in [9.17, 15) is 27.6 Å². The molecule has 10 heteroatoms. The minimum atomic E-state index is -4.57. The number of benzene rings is 1. The minimum absolute atomic E-state index is 0.0241. The summed E-state index contributed by atoms with van der Waals surface area (Å²) >= 11 is 5.79. The number of hydrogen-bond acceptors (Lipinski definition) is 4. The fraction of sp³-hybridized carbons (Fsp3) is 0.350. The molecule has 2 aromatic rings. The second kappa shape index (κ2) is 8.11. The summed E-state index contributed by atoms with van der Waals surface area (Å²) in [6.07, 6.45) is -4.44. The average Bonchev–Trinajstić information content (AvgIpc) is 3.12. The zero-order valence-corrected chi connectivity index (χ0v) is 16.8. The Morgan fingerprint density at radius 3 is 2.63 bits per heavy atom. The van der Waals surface area contributed by atoms with Crippen molar-refractivity contribution < 1.29 is 22.4 Å². The van der Waals surface area contributed by atoms with Crippen molar-refractivity contribution in [2.45, 2.75) is 25.6 Å². The number of nitriles is 1. The van der Waals surface area contributed by atoms with E-state index in [-0.39, 0.29) is 29.5 Å². The van der Waals surface area contributed by atoms with Crippen molar-refractivity contribution in [2.24, 2.45) is 5.92 Å². The molecule has 2 atom stereocenters. The van der Waals surface area contributed by atoms with E-state index in [2.05, 4.69) is 11.1 Å². The maximum atomic E-state index is 13.4. The molecule has 0 radical (unpaired) electrons. The van der Waals surface area contributed by atoms with Gasteiger partial charge in [0.25, 0.3) is 0 Å². The van der Waals surface area contributed by atoms with Gasteiger partial charge in [-0.1, -0.05) is 11.6 Å². The van der Waals surface area contributed by atoms with E-state index >= 15 is 0 Å². The second-order valence-electron chi connectivity index (χ2n) is 7.08. The summed E-state index contributed by atoms with van der Waals surface area (Å²) in [5.74, 6) is -1.69. The Labute approximate surface area is 175 Å². The van der Waals surface area contributed by atoms with Crippen LogP contribution in [0.5, 0.6) is 0 Å². The molecule has 3 rings (SSSR count). The van der Waals surface area contributed by atoms with Crippen LogP contribution in [0, 0.1) is 30.0 Å². The van der Waals surface area contributed by atoms with E-state index < -0.39 is 35.4 Å². The maximum absolute atomic E-state index is 13.4. The van der Waals surface area contributed by atoms with Gasteiger partial charge in [0.15, 0.2) is 0 Å².